The first kappa shape index (κ1) is 23.0. The predicted molar refractivity (Wildman–Crippen MR) is 126 cm³/mol. The van der Waals surface area contributed by atoms with Gasteiger partial charge in [0.15, 0.2) is 5.96 Å². The van der Waals surface area contributed by atoms with E-state index in [-0.39, 0.29) is 35.8 Å². The van der Waals surface area contributed by atoms with Crippen molar-refractivity contribution in [3.8, 4) is 0 Å². The average molecular weight is 498 g/mol. The highest BCUT2D eigenvalue weighted by atomic mass is 127. The number of rotatable bonds is 6. The maximum absolute atomic E-state index is 12.2. The molecule has 3 rings (SSSR count). The molecule has 0 bridgehead atoms. The number of nitrogens with one attached hydrogen (secondary N) is 2. The molecule has 5 nitrogen and oxygen atoms in total. The van der Waals surface area contributed by atoms with Crippen LogP contribution in [0.25, 0.3) is 0 Å². The van der Waals surface area contributed by atoms with E-state index in [1.54, 1.807) is 0 Å². The van der Waals surface area contributed by atoms with Gasteiger partial charge >= 0.3 is 0 Å². The van der Waals surface area contributed by atoms with Crippen molar-refractivity contribution in [2.24, 2.45) is 10.9 Å². The fourth-order valence-electron chi connectivity index (χ4n) is 4.23. The molecule has 1 atom stereocenters. The molecule has 0 aromatic heterocycles. The lowest BCUT2D eigenvalue weighted by atomic mass is 9.89. The molecule has 1 aromatic carbocycles. The summed E-state index contributed by atoms with van der Waals surface area (Å²) in [4.78, 5) is 19.3. The second-order valence-electron chi connectivity index (χ2n) is 7.70. The van der Waals surface area contributed by atoms with E-state index in [0.717, 1.165) is 44.9 Å². The standard InChI is InChI=1S/C22H34N4O.HI/c1-2-23-22(25-15-14-24-21(27)19-11-7-4-8-12-19)26-16-13-20(17-26)18-9-5-3-6-10-18;/h3,5-6,9-10,19-20H,2,4,7-8,11-17H2,1H3,(H,23,25)(H,24,27);1H. The SMILES string of the molecule is CCNC(=NCCNC(=O)C1CCCCC1)N1CCC(c2ccccc2)C1.I. The number of aliphatic imine (C=N–C) groups is 1. The molecule has 2 N–H and O–H groups in total. The number of carbonyl (C=O) groups is 1. The molecule has 1 heterocycles. The van der Waals surface area contributed by atoms with Crippen molar-refractivity contribution in [3.05, 3.63) is 35.9 Å². The maximum Gasteiger partial charge on any atom is 0.223 e. The van der Waals surface area contributed by atoms with Crippen molar-refractivity contribution < 1.29 is 4.79 Å². The zero-order valence-electron chi connectivity index (χ0n) is 17.0. The summed E-state index contributed by atoms with van der Waals surface area (Å²) in [5.41, 5.74) is 1.41. The van der Waals surface area contributed by atoms with E-state index in [2.05, 4.69) is 52.8 Å². The van der Waals surface area contributed by atoms with Gasteiger partial charge < -0.3 is 15.5 Å². The fraction of sp³-hybridized carbons (Fsp3) is 0.636. The Bertz CT molecular complexity index is 616. The van der Waals surface area contributed by atoms with Crippen molar-refractivity contribution in [2.45, 2.75) is 51.4 Å². The summed E-state index contributed by atoms with van der Waals surface area (Å²) >= 11 is 0. The molecule has 1 aliphatic carbocycles. The lowest BCUT2D eigenvalue weighted by Crippen LogP contribution is -2.40. The fourth-order valence-corrected chi connectivity index (χ4v) is 4.23. The zero-order valence-corrected chi connectivity index (χ0v) is 19.4. The Morgan fingerprint density at radius 2 is 1.86 bits per heavy atom. The number of benzene rings is 1. The van der Waals surface area contributed by atoms with E-state index in [1.807, 2.05) is 0 Å². The number of carbonyl (C=O) groups excluding carboxylic acids is 1. The number of nitrogens with zero attached hydrogens (tertiary/aromatic N) is 2. The molecule has 1 saturated carbocycles. The smallest absolute Gasteiger partial charge is 0.223 e. The molecule has 1 unspecified atom stereocenters. The highest BCUT2D eigenvalue weighted by Gasteiger charge is 2.26. The lowest BCUT2D eigenvalue weighted by molar-refractivity contribution is -0.125. The largest absolute Gasteiger partial charge is 0.357 e. The molecule has 1 amide bonds. The third kappa shape index (κ3) is 6.64. The van der Waals surface area contributed by atoms with Crippen molar-refractivity contribution >= 4 is 35.8 Å². The van der Waals surface area contributed by atoms with Gasteiger partial charge in [0.2, 0.25) is 5.91 Å². The van der Waals surface area contributed by atoms with Crippen LogP contribution in [0.5, 0.6) is 0 Å². The van der Waals surface area contributed by atoms with Crippen LogP contribution in [0, 0.1) is 5.92 Å². The molecule has 156 valence electrons. The summed E-state index contributed by atoms with van der Waals surface area (Å²) < 4.78 is 0. The van der Waals surface area contributed by atoms with Crippen molar-refractivity contribution in [1.29, 1.82) is 0 Å². The van der Waals surface area contributed by atoms with Gasteiger partial charge in [0, 0.05) is 38.0 Å². The number of amides is 1. The van der Waals surface area contributed by atoms with Gasteiger partial charge in [0.05, 0.1) is 6.54 Å². The minimum absolute atomic E-state index is 0. The topological polar surface area (TPSA) is 56.7 Å². The van der Waals surface area contributed by atoms with Crippen molar-refractivity contribution in [2.75, 3.05) is 32.7 Å². The normalized spacial score (nSPS) is 20.5. The zero-order chi connectivity index (χ0) is 18.9. The molecule has 2 aliphatic rings. The number of guanidine groups is 1. The summed E-state index contributed by atoms with van der Waals surface area (Å²) in [6.45, 7) is 6.25. The third-order valence-electron chi connectivity index (χ3n) is 5.74. The molecule has 1 aromatic rings. The average Bonchev–Trinajstić information content (AvgIpc) is 3.21. The minimum atomic E-state index is 0. The van der Waals surface area contributed by atoms with Crippen molar-refractivity contribution in [3.63, 3.8) is 0 Å². The minimum Gasteiger partial charge on any atom is -0.357 e. The second kappa shape index (κ2) is 12.3. The molecular weight excluding hydrogens is 463 g/mol. The maximum atomic E-state index is 12.2. The number of hydrogen-bond acceptors (Lipinski definition) is 2. The first-order valence-electron chi connectivity index (χ1n) is 10.6. The van der Waals surface area contributed by atoms with Crippen LogP contribution >= 0.6 is 24.0 Å². The number of hydrogen-bond donors (Lipinski definition) is 2. The first-order valence-corrected chi connectivity index (χ1v) is 10.6. The third-order valence-corrected chi connectivity index (χ3v) is 5.74. The van der Waals surface area contributed by atoms with Crippen LogP contribution in [0.3, 0.4) is 0 Å². The van der Waals surface area contributed by atoms with Crippen LogP contribution in [0.15, 0.2) is 35.3 Å². The predicted octanol–water partition coefficient (Wildman–Crippen LogP) is 3.76. The van der Waals surface area contributed by atoms with Gasteiger partial charge in [-0.25, -0.2) is 0 Å². The summed E-state index contributed by atoms with van der Waals surface area (Å²) in [6, 6.07) is 10.7. The summed E-state index contributed by atoms with van der Waals surface area (Å²) in [7, 11) is 0. The monoisotopic (exact) mass is 498 g/mol. The quantitative estimate of drug-likeness (QED) is 0.272. The van der Waals surface area contributed by atoms with Gasteiger partial charge in [0.1, 0.15) is 0 Å². The molecule has 2 fully saturated rings. The van der Waals surface area contributed by atoms with E-state index < -0.39 is 0 Å². The molecule has 28 heavy (non-hydrogen) atoms. The highest BCUT2D eigenvalue weighted by Crippen LogP contribution is 2.27. The van der Waals surface area contributed by atoms with E-state index in [1.165, 1.54) is 24.8 Å². The Morgan fingerprint density at radius 1 is 1.11 bits per heavy atom. The number of likely N-dealkylation sites (tertiary alicyclic amines) is 1. The molecule has 0 spiro atoms. The van der Waals surface area contributed by atoms with Gasteiger partial charge in [-0.15, -0.1) is 24.0 Å². The van der Waals surface area contributed by atoms with Crippen LogP contribution in [0.1, 0.15) is 56.9 Å². The van der Waals surface area contributed by atoms with Gasteiger partial charge in [-0.3, -0.25) is 9.79 Å². The van der Waals surface area contributed by atoms with E-state index in [9.17, 15) is 4.79 Å². The Morgan fingerprint density at radius 3 is 2.57 bits per heavy atom. The van der Waals surface area contributed by atoms with Gasteiger partial charge in [-0.05, 0) is 31.7 Å². The summed E-state index contributed by atoms with van der Waals surface area (Å²) in [6.07, 6.45) is 6.92. The molecule has 6 heteroatoms. The van der Waals surface area contributed by atoms with Crippen LogP contribution in [-0.2, 0) is 4.79 Å². The molecule has 1 saturated heterocycles. The number of halogens is 1. The molecule has 1 aliphatic heterocycles. The molecular formula is C22H35IN4O. The Hall–Kier alpha value is -1.31. The van der Waals surface area contributed by atoms with Gasteiger partial charge in [-0.1, -0.05) is 49.6 Å². The van der Waals surface area contributed by atoms with Crippen molar-refractivity contribution in [1.82, 2.24) is 15.5 Å². The first-order chi connectivity index (χ1) is 13.3. The summed E-state index contributed by atoms with van der Waals surface area (Å²) in [5.74, 6) is 1.99. The van der Waals surface area contributed by atoms with Crippen LogP contribution in [0.2, 0.25) is 0 Å². The van der Waals surface area contributed by atoms with E-state index >= 15 is 0 Å². The highest BCUT2D eigenvalue weighted by molar-refractivity contribution is 14.0. The van der Waals surface area contributed by atoms with Crippen LogP contribution in [0.4, 0.5) is 0 Å². The van der Waals surface area contributed by atoms with Gasteiger partial charge in [-0.2, -0.15) is 0 Å². The summed E-state index contributed by atoms with van der Waals surface area (Å²) in [5, 5.41) is 6.49. The molecule has 0 radical (unpaired) electrons. The Balaban J connectivity index is 0.00000280. The second-order valence-corrected chi connectivity index (χ2v) is 7.70. The van der Waals surface area contributed by atoms with Crippen LogP contribution in [-0.4, -0.2) is 49.5 Å². The Labute approximate surface area is 186 Å². The van der Waals surface area contributed by atoms with Gasteiger partial charge in [0.25, 0.3) is 0 Å². The Kier molecular flexibility index (Phi) is 10.1. The van der Waals surface area contributed by atoms with E-state index in [4.69, 9.17) is 4.99 Å². The lowest BCUT2D eigenvalue weighted by Gasteiger charge is -2.22. The van der Waals surface area contributed by atoms with Crippen LogP contribution < -0.4 is 10.6 Å². The van der Waals surface area contributed by atoms with E-state index in [0.29, 0.717) is 19.0 Å².